The van der Waals surface area contributed by atoms with E-state index in [4.69, 9.17) is 4.18 Å². The minimum absolute atomic E-state index is 0.0363. The van der Waals surface area contributed by atoms with E-state index >= 15 is 0 Å². The molecule has 0 saturated carbocycles. The third kappa shape index (κ3) is 2.81. The van der Waals surface area contributed by atoms with Crippen LogP contribution in [-0.2, 0) is 26.4 Å². The van der Waals surface area contributed by atoms with E-state index in [1.807, 2.05) is 0 Å². The second kappa shape index (κ2) is 6.16. The fourth-order valence-corrected chi connectivity index (χ4v) is 4.24. The summed E-state index contributed by atoms with van der Waals surface area (Å²) >= 11 is 0. The molecule has 10 heteroatoms. The van der Waals surface area contributed by atoms with Crippen LogP contribution in [0.25, 0.3) is 11.0 Å². The molecule has 7 nitrogen and oxygen atoms in total. The molecule has 0 aliphatic carbocycles. The van der Waals surface area contributed by atoms with E-state index in [0.717, 1.165) is 22.4 Å². The van der Waals surface area contributed by atoms with Crippen LogP contribution in [0.1, 0.15) is 11.1 Å². The van der Waals surface area contributed by atoms with Gasteiger partial charge in [0.2, 0.25) is 0 Å². The predicted molar refractivity (Wildman–Crippen MR) is 94.1 cm³/mol. The number of aromatic nitrogens is 2. The van der Waals surface area contributed by atoms with E-state index in [-0.39, 0.29) is 21.5 Å². The molecule has 0 fully saturated rings. The molecule has 0 radical (unpaired) electrons. The number of hydrogen-bond donors (Lipinski definition) is 1. The van der Waals surface area contributed by atoms with Crippen LogP contribution in [0.2, 0.25) is 0 Å². The summed E-state index contributed by atoms with van der Waals surface area (Å²) in [6, 6.07) is 6.66. The number of hydrogen-bond acceptors (Lipinski definition) is 6. The Balaban J connectivity index is 1.74. The minimum atomic E-state index is -4.25. The molecule has 0 spiro atoms. The Morgan fingerprint density at radius 3 is 2.61 bits per heavy atom. The van der Waals surface area contributed by atoms with Gasteiger partial charge in [0, 0.05) is 6.07 Å². The van der Waals surface area contributed by atoms with E-state index in [1.54, 1.807) is 19.1 Å². The van der Waals surface area contributed by atoms with Crippen LogP contribution in [0.3, 0.4) is 0 Å². The zero-order valence-corrected chi connectivity index (χ0v) is 15.3. The van der Waals surface area contributed by atoms with Crippen molar-refractivity contribution < 1.29 is 26.5 Å². The SMILES string of the molecule is Cc1ccc(S(=O)(=O)OCC2(O)Cn3c(=O)c(F)cc4ncc(F)c2c43)cc1. The largest absolute Gasteiger partial charge is 0.381 e. The van der Waals surface area contributed by atoms with Crippen molar-refractivity contribution in [2.24, 2.45) is 0 Å². The Morgan fingerprint density at radius 2 is 1.93 bits per heavy atom. The zero-order chi connectivity index (χ0) is 20.3. The molecular weight excluding hydrogens is 394 g/mol. The molecule has 3 heterocycles. The van der Waals surface area contributed by atoms with Crippen molar-refractivity contribution in [1.29, 1.82) is 0 Å². The normalized spacial score (nSPS) is 18.7. The highest BCUT2D eigenvalue weighted by Gasteiger charge is 2.43. The Kier molecular flexibility index (Phi) is 4.11. The van der Waals surface area contributed by atoms with E-state index in [0.29, 0.717) is 0 Å². The summed E-state index contributed by atoms with van der Waals surface area (Å²) in [5.74, 6) is -2.07. The second-order valence-electron chi connectivity index (χ2n) is 6.66. The van der Waals surface area contributed by atoms with Gasteiger partial charge in [-0.3, -0.25) is 14.0 Å². The quantitative estimate of drug-likeness (QED) is 0.659. The van der Waals surface area contributed by atoms with E-state index in [1.165, 1.54) is 12.1 Å². The monoisotopic (exact) mass is 408 g/mol. The van der Waals surface area contributed by atoms with Crippen LogP contribution in [-0.4, -0.2) is 29.7 Å². The van der Waals surface area contributed by atoms with Crippen molar-refractivity contribution in [3.05, 3.63) is 69.6 Å². The summed E-state index contributed by atoms with van der Waals surface area (Å²) in [6.07, 6.45) is 0.774. The van der Waals surface area contributed by atoms with Crippen LogP contribution >= 0.6 is 0 Å². The van der Waals surface area contributed by atoms with E-state index in [2.05, 4.69) is 4.98 Å². The van der Waals surface area contributed by atoms with Crippen LogP contribution in [0.4, 0.5) is 8.78 Å². The predicted octanol–water partition coefficient (Wildman–Crippen LogP) is 1.59. The van der Waals surface area contributed by atoms with Crippen LogP contribution < -0.4 is 5.56 Å². The zero-order valence-electron chi connectivity index (χ0n) is 14.5. The molecule has 1 aliphatic heterocycles. The van der Waals surface area contributed by atoms with Crippen molar-refractivity contribution in [3.63, 3.8) is 0 Å². The molecule has 0 bridgehead atoms. The molecule has 4 rings (SSSR count). The molecule has 0 saturated heterocycles. The Morgan fingerprint density at radius 1 is 1.25 bits per heavy atom. The van der Waals surface area contributed by atoms with Crippen LogP contribution in [0.5, 0.6) is 0 Å². The fraction of sp³-hybridized carbons (Fsp3) is 0.222. The first-order valence-corrected chi connectivity index (χ1v) is 9.60. The van der Waals surface area contributed by atoms with Crippen LogP contribution in [0, 0.1) is 18.6 Å². The summed E-state index contributed by atoms with van der Waals surface area (Å²) in [4.78, 5) is 15.7. The number of aryl methyl sites for hydroxylation is 1. The number of rotatable bonds is 4. The lowest BCUT2D eigenvalue weighted by atomic mass is 9.97. The summed E-state index contributed by atoms with van der Waals surface area (Å²) < 4.78 is 58.8. The molecular formula is C18H14F2N2O5S. The van der Waals surface area contributed by atoms with Gasteiger partial charge in [-0.15, -0.1) is 0 Å². The number of nitrogens with zero attached hydrogens (tertiary/aromatic N) is 2. The molecule has 1 atom stereocenters. The molecule has 1 unspecified atom stereocenters. The molecule has 1 aliphatic rings. The average molecular weight is 408 g/mol. The fourth-order valence-electron chi connectivity index (χ4n) is 3.28. The second-order valence-corrected chi connectivity index (χ2v) is 8.27. The maximum Gasteiger partial charge on any atom is 0.297 e. The smallest absolute Gasteiger partial charge is 0.297 e. The van der Waals surface area contributed by atoms with E-state index in [9.17, 15) is 27.1 Å². The van der Waals surface area contributed by atoms with E-state index < -0.39 is 46.1 Å². The summed E-state index contributed by atoms with van der Waals surface area (Å²) in [6.45, 7) is 0.355. The van der Waals surface area contributed by atoms with Gasteiger partial charge in [0.25, 0.3) is 15.7 Å². The van der Waals surface area contributed by atoms with Gasteiger partial charge in [-0.2, -0.15) is 8.42 Å². The lowest BCUT2D eigenvalue weighted by molar-refractivity contribution is -0.0161. The first-order valence-electron chi connectivity index (χ1n) is 8.19. The van der Waals surface area contributed by atoms with Crippen molar-refractivity contribution in [2.45, 2.75) is 24.0 Å². The van der Waals surface area contributed by atoms with Gasteiger partial charge in [0.1, 0.15) is 18.0 Å². The summed E-state index contributed by atoms with van der Waals surface area (Å²) in [7, 11) is -4.25. The summed E-state index contributed by atoms with van der Waals surface area (Å²) in [5.41, 5.74) is -2.90. The molecule has 2 aromatic heterocycles. The third-order valence-corrected chi connectivity index (χ3v) is 5.94. The van der Waals surface area contributed by atoms with Gasteiger partial charge in [0.05, 0.1) is 34.2 Å². The standard InChI is InChI=1S/C18H14F2N2O5S/c1-10-2-4-11(5-3-10)28(25,26)27-9-18(24)8-22-16-14(6-12(19)17(22)23)21-7-13(20)15(16)18/h2-7,24H,8-9H2,1H3. The van der Waals surface area contributed by atoms with Gasteiger partial charge in [-0.05, 0) is 19.1 Å². The minimum Gasteiger partial charge on any atom is -0.381 e. The molecule has 28 heavy (non-hydrogen) atoms. The van der Waals surface area contributed by atoms with Crippen LogP contribution in [0.15, 0.2) is 46.2 Å². The first-order chi connectivity index (χ1) is 13.1. The number of aliphatic hydroxyl groups is 1. The number of halogens is 2. The van der Waals surface area contributed by atoms with Gasteiger partial charge in [-0.1, -0.05) is 17.7 Å². The van der Waals surface area contributed by atoms with Gasteiger partial charge in [0.15, 0.2) is 5.82 Å². The first kappa shape index (κ1) is 18.7. The van der Waals surface area contributed by atoms with Crippen molar-refractivity contribution in [1.82, 2.24) is 9.55 Å². The molecule has 3 aromatic rings. The van der Waals surface area contributed by atoms with Gasteiger partial charge in [-0.25, -0.2) is 8.78 Å². The number of benzene rings is 1. The average Bonchev–Trinajstić information content (AvgIpc) is 2.97. The van der Waals surface area contributed by atoms with Gasteiger partial charge >= 0.3 is 0 Å². The highest BCUT2D eigenvalue weighted by atomic mass is 32.2. The molecule has 146 valence electrons. The summed E-state index contributed by atoms with van der Waals surface area (Å²) in [5, 5.41) is 10.9. The Hall–Kier alpha value is -2.69. The molecule has 1 N–H and O–H groups in total. The maximum absolute atomic E-state index is 14.4. The maximum atomic E-state index is 14.4. The van der Waals surface area contributed by atoms with Gasteiger partial charge < -0.3 is 9.67 Å². The molecule has 0 amide bonds. The topological polar surface area (TPSA) is 98.5 Å². The van der Waals surface area contributed by atoms with Crippen molar-refractivity contribution >= 4 is 21.2 Å². The Labute approximate surface area is 158 Å². The lowest BCUT2D eigenvalue weighted by Crippen LogP contribution is -2.36. The number of pyridine rings is 2. The molecule has 1 aromatic carbocycles. The van der Waals surface area contributed by atoms with Crippen molar-refractivity contribution in [3.8, 4) is 0 Å². The highest BCUT2D eigenvalue weighted by molar-refractivity contribution is 7.86. The lowest BCUT2D eigenvalue weighted by Gasteiger charge is -2.23. The Bertz CT molecular complexity index is 1270. The highest BCUT2D eigenvalue weighted by Crippen LogP contribution is 2.38. The third-order valence-electron chi connectivity index (χ3n) is 4.67. The van der Waals surface area contributed by atoms with Crippen molar-refractivity contribution in [2.75, 3.05) is 6.61 Å².